The maximum atomic E-state index is 6.52. The van der Waals surface area contributed by atoms with E-state index in [0.717, 1.165) is 34.3 Å². The van der Waals surface area contributed by atoms with Crippen molar-refractivity contribution in [2.75, 3.05) is 0 Å². The number of hydrogen-bond acceptors (Lipinski definition) is 2. The van der Waals surface area contributed by atoms with E-state index in [2.05, 4.69) is 47.0 Å². The second-order valence-electron chi connectivity index (χ2n) is 5.18. The first-order valence-corrected chi connectivity index (χ1v) is 7.29. The summed E-state index contributed by atoms with van der Waals surface area (Å²) in [5.74, 6) is 0. The highest BCUT2D eigenvalue weighted by molar-refractivity contribution is 9.10. The molecule has 2 aromatic rings. The van der Waals surface area contributed by atoms with E-state index in [1.165, 1.54) is 0 Å². The Morgan fingerprint density at radius 1 is 1.37 bits per heavy atom. The zero-order valence-corrected chi connectivity index (χ0v) is 13.2. The van der Waals surface area contributed by atoms with Crippen molar-refractivity contribution in [3.8, 4) is 0 Å². The molecule has 2 N–H and O–H groups in total. The van der Waals surface area contributed by atoms with Gasteiger partial charge in [0, 0.05) is 29.2 Å². The van der Waals surface area contributed by atoms with E-state index in [0.29, 0.717) is 0 Å². The Bertz CT molecular complexity index is 573. The van der Waals surface area contributed by atoms with Crippen LogP contribution in [0, 0.1) is 0 Å². The van der Waals surface area contributed by atoms with Gasteiger partial charge in [0.05, 0.1) is 5.69 Å². The number of halogens is 1. The third-order valence-electron chi connectivity index (χ3n) is 3.43. The minimum absolute atomic E-state index is 0.418. The topological polar surface area (TPSA) is 43.8 Å². The van der Waals surface area contributed by atoms with Crippen LogP contribution in [0.2, 0.25) is 0 Å². The number of nitrogens with zero attached hydrogens (tertiary/aromatic N) is 2. The van der Waals surface area contributed by atoms with Gasteiger partial charge in [-0.05, 0) is 31.0 Å². The van der Waals surface area contributed by atoms with Crippen LogP contribution in [0.15, 0.2) is 34.8 Å². The summed E-state index contributed by atoms with van der Waals surface area (Å²) in [6, 6.07) is 10.3. The second kappa shape index (κ2) is 5.47. The highest BCUT2D eigenvalue weighted by Gasteiger charge is 2.25. The summed E-state index contributed by atoms with van der Waals surface area (Å²) in [6.07, 6.45) is 1.71. The van der Waals surface area contributed by atoms with E-state index >= 15 is 0 Å². The molecule has 0 aliphatic rings. The van der Waals surface area contributed by atoms with Crippen LogP contribution < -0.4 is 5.73 Å². The Morgan fingerprint density at radius 3 is 2.63 bits per heavy atom. The molecule has 0 spiro atoms. The summed E-state index contributed by atoms with van der Waals surface area (Å²) >= 11 is 3.58. The molecule has 0 amide bonds. The third kappa shape index (κ3) is 3.07. The number of nitrogens with two attached hydrogens (primary N) is 1. The molecule has 0 saturated heterocycles. The molecule has 3 nitrogen and oxygen atoms in total. The molecule has 4 heteroatoms. The van der Waals surface area contributed by atoms with E-state index in [1.54, 1.807) is 0 Å². The molecule has 0 aliphatic heterocycles. The Kier molecular flexibility index (Phi) is 4.11. The lowest BCUT2D eigenvalue weighted by Crippen LogP contribution is -2.36. The number of aromatic nitrogens is 2. The van der Waals surface area contributed by atoms with Gasteiger partial charge in [0.2, 0.25) is 0 Å². The lowest BCUT2D eigenvalue weighted by atomic mass is 9.88. The van der Waals surface area contributed by atoms with Crippen molar-refractivity contribution in [1.29, 1.82) is 0 Å². The minimum Gasteiger partial charge on any atom is -0.321 e. The van der Waals surface area contributed by atoms with Crippen molar-refractivity contribution in [2.24, 2.45) is 12.8 Å². The van der Waals surface area contributed by atoms with Gasteiger partial charge in [-0.2, -0.15) is 5.10 Å². The Hall–Kier alpha value is -1.13. The molecule has 1 heterocycles. The molecular formula is C15H20BrN3. The van der Waals surface area contributed by atoms with Gasteiger partial charge in [-0.25, -0.2) is 0 Å². The van der Waals surface area contributed by atoms with Crippen LogP contribution in [-0.2, 0) is 25.4 Å². The first-order chi connectivity index (χ1) is 8.94. The highest BCUT2D eigenvalue weighted by Crippen LogP contribution is 2.29. The van der Waals surface area contributed by atoms with E-state index in [9.17, 15) is 0 Å². The molecule has 0 fully saturated rings. The molecule has 1 unspecified atom stereocenters. The maximum absolute atomic E-state index is 6.52. The predicted molar refractivity (Wildman–Crippen MR) is 82.0 cm³/mol. The quantitative estimate of drug-likeness (QED) is 0.940. The molecule has 102 valence electrons. The van der Waals surface area contributed by atoms with Gasteiger partial charge in [-0.15, -0.1) is 0 Å². The summed E-state index contributed by atoms with van der Waals surface area (Å²) in [4.78, 5) is 0. The molecule has 1 aromatic heterocycles. The van der Waals surface area contributed by atoms with Crippen molar-refractivity contribution >= 4 is 15.9 Å². The number of benzene rings is 1. The van der Waals surface area contributed by atoms with Crippen molar-refractivity contribution in [3.05, 3.63) is 51.8 Å². The van der Waals surface area contributed by atoms with Crippen molar-refractivity contribution < 1.29 is 0 Å². The first-order valence-electron chi connectivity index (χ1n) is 6.49. The van der Waals surface area contributed by atoms with E-state index in [4.69, 9.17) is 5.73 Å². The molecule has 0 radical (unpaired) electrons. The summed E-state index contributed by atoms with van der Waals surface area (Å²) < 4.78 is 2.98. The molecular weight excluding hydrogens is 302 g/mol. The first kappa shape index (κ1) is 14.3. The second-order valence-corrected chi connectivity index (χ2v) is 6.03. The van der Waals surface area contributed by atoms with Gasteiger partial charge < -0.3 is 5.73 Å². The lowest BCUT2D eigenvalue weighted by Gasteiger charge is -2.26. The zero-order chi connectivity index (χ0) is 14.0. The minimum atomic E-state index is -0.418. The SMILES string of the molecule is CCc1cc(CC(C)(N)c2ccccc2Br)n(C)n1. The van der Waals surface area contributed by atoms with E-state index in [1.807, 2.05) is 29.9 Å². The summed E-state index contributed by atoms with van der Waals surface area (Å²) in [5.41, 5.74) is 9.50. The number of rotatable bonds is 4. The third-order valence-corrected chi connectivity index (χ3v) is 4.12. The van der Waals surface area contributed by atoms with Crippen LogP contribution in [0.4, 0.5) is 0 Å². The molecule has 1 atom stereocenters. The average Bonchev–Trinajstić information content (AvgIpc) is 2.70. The van der Waals surface area contributed by atoms with Gasteiger partial charge in [-0.3, -0.25) is 4.68 Å². The molecule has 0 bridgehead atoms. The normalized spacial score (nSPS) is 14.4. The van der Waals surface area contributed by atoms with Crippen molar-refractivity contribution in [2.45, 2.75) is 32.2 Å². The number of aryl methyl sites for hydroxylation is 2. The van der Waals surface area contributed by atoms with E-state index < -0.39 is 5.54 Å². The van der Waals surface area contributed by atoms with Crippen LogP contribution in [0.5, 0.6) is 0 Å². The summed E-state index contributed by atoms with van der Waals surface area (Å²) in [6.45, 7) is 4.17. The Labute approximate surface area is 122 Å². The van der Waals surface area contributed by atoms with Crippen LogP contribution in [0.3, 0.4) is 0 Å². The highest BCUT2D eigenvalue weighted by atomic mass is 79.9. The fourth-order valence-corrected chi connectivity index (χ4v) is 3.04. The average molecular weight is 322 g/mol. The smallest absolute Gasteiger partial charge is 0.0624 e. The molecule has 19 heavy (non-hydrogen) atoms. The Morgan fingerprint density at radius 2 is 2.05 bits per heavy atom. The van der Waals surface area contributed by atoms with Crippen molar-refractivity contribution in [3.63, 3.8) is 0 Å². The summed E-state index contributed by atoms with van der Waals surface area (Å²) in [7, 11) is 1.98. The fourth-order valence-electron chi connectivity index (χ4n) is 2.31. The van der Waals surface area contributed by atoms with Gasteiger partial charge >= 0.3 is 0 Å². The van der Waals surface area contributed by atoms with Gasteiger partial charge in [-0.1, -0.05) is 41.1 Å². The van der Waals surface area contributed by atoms with Crippen LogP contribution in [0.1, 0.15) is 30.8 Å². The fraction of sp³-hybridized carbons (Fsp3) is 0.400. The van der Waals surface area contributed by atoms with Crippen LogP contribution in [-0.4, -0.2) is 9.78 Å². The number of hydrogen-bond donors (Lipinski definition) is 1. The predicted octanol–water partition coefficient (Wildman–Crippen LogP) is 3.16. The van der Waals surface area contributed by atoms with Gasteiger partial charge in [0.25, 0.3) is 0 Å². The van der Waals surface area contributed by atoms with Crippen LogP contribution >= 0.6 is 15.9 Å². The zero-order valence-electron chi connectivity index (χ0n) is 11.7. The molecule has 1 aromatic carbocycles. The van der Waals surface area contributed by atoms with E-state index in [-0.39, 0.29) is 0 Å². The van der Waals surface area contributed by atoms with Gasteiger partial charge in [0.15, 0.2) is 0 Å². The largest absolute Gasteiger partial charge is 0.321 e. The molecule has 0 aliphatic carbocycles. The molecule has 2 rings (SSSR count). The standard InChI is InChI=1S/C15H20BrN3/c1-4-11-9-12(19(3)18-11)10-15(2,17)13-7-5-6-8-14(13)16/h5-9H,4,10,17H2,1-3H3. The van der Waals surface area contributed by atoms with Crippen molar-refractivity contribution in [1.82, 2.24) is 9.78 Å². The monoisotopic (exact) mass is 321 g/mol. The summed E-state index contributed by atoms with van der Waals surface area (Å²) in [5, 5.41) is 4.48. The lowest BCUT2D eigenvalue weighted by molar-refractivity contribution is 0.470. The Balaban J connectivity index is 2.30. The molecule has 0 saturated carbocycles. The maximum Gasteiger partial charge on any atom is 0.0624 e. The van der Waals surface area contributed by atoms with Crippen LogP contribution in [0.25, 0.3) is 0 Å². The van der Waals surface area contributed by atoms with Gasteiger partial charge in [0.1, 0.15) is 0 Å².